The van der Waals surface area contributed by atoms with E-state index in [1.54, 1.807) is 47.4 Å². The highest BCUT2D eigenvalue weighted by Gasteiger charge is 2.29. The highest BCUT2D eigenvalue weighted by Crippen LogP contribution is 2.38. The fourth-order valence-corrected chi connectivity index (χ4v) is 4.61. The number of rotatable bonds is 5. The monoisotopic (exact) mass is 561 g/mol. The SMILES string of the molecule is Cc1ccccc1C(=O)Nc1ccc(C(=O)N2CCCC(OC(=O)CN)c3cc(Cl)ccc32)cc1Cl.Cl. The Hall–Kier alpha value is -3.10. The number of carbonyl (C=O) groups excluding carboxylic acids is 3. The number of hydrogen-bond acceptors (Lipinski definition) is 5. The van der Waals surface area contributed by atoms with E-state index in [1.807, 2.05) is 19.1 Å². The van der Waals surface area contributed by atoms with Gasteiger partial charge in [-0.3, -0.25) is 14.4 Å². The average molecular weight is 563 g/mol. The summed E-state index contributed by atoms with van der Waals surface area (Å²) in [5.41, 5.74) is 8.80. The molecule has 1 unspecified atom stereocenters. The summed E-state index contributed by atoms with van der Waals surface area (Å²) in [4.78, 5) is 39.7. The molecule has 1 aliphatic rings. The molecule has 0 aromatic heterocycles. The number of carbonyl (C=O) groups is 3. The van der Waals surface area contributed by atoms with Crippen LogP contribution < -0.4 is 16.0 Å². The number of esters is 1. The summed E-state index contributed by atoms with van der Waals surface area (Å²) in [6.45, 7) is 2.03. The number of hydrogen-bond donors (Lipinski definition) is 2. The van der Waals surface area contributed by atoms with Crippen LogP contribution in [0.4, 0.5) is 11.4 Å². The Balaban J connectivity index is 0.00000380. The first-order valence-corrected chi connectivity index (χ1v) is 12.2. The van der Waals surface area contributed by atoms with Crippen molar-refractivity contribution in [3.05, 3.63) is 93.0 Å². The zero-order valence-electron chi connectivity index (χ0n) is 20.0. The van der Waals surface area contributed by atoms with Crippen molar-refractivity contribution in [2.75, 3.05) is 23.3 Å². The van der Waals surface area contributed by atoms with Crippen molar-refractivity contribution < 1.29 is 19.1 Å². The van der Waals surface area contributed by atoms with Gasteiger partial charge in [-0.1, -0.05) is 41.4 Å². The first-order valence-electron chi connectivity index (χ1n) is 11.5. The number of halogens is 3. The lowest BCUT2D eigenvalue weighted by Crippen LogP contribution is -2.31. The van der Waals surface area contributed by atoms with Crippen molar-refractivity contribution in [3.8, 4) is 0 Å². The molecule has 0 saturated heterocycles. The lowest BCUT2D eigenvalue weighted by Gasteiger charge is -2.24. The molecule has 0 spiro atoms. The summed E-state index contributed by atoms with van der Waals surface area (Å²) >= 11 is 12.7. The topological polar surface area (TPSA) is 102 Å². The molecule has 0 saturated carbocycles. The van der Waals surface area contributed by atoms with E-state index in [2.05, 4.69) is 5.32 Å². The number of nitrogens with two attached hydrogens (primary N) is 1. The molecule has 2 amide bonds. The third-order valence-corrected chi connectivity index (χ3v) is 6.56. The lowest BCUT2D eigenvalue weighted by molar-refractivity contribution is -0.148. The molecule has 1 atom stereocenters. The summed E-state index contributed by atoms with van der Waals surface area (Å²) in [5.74, 6) is -1.09. The number of anilines is 2. The van der Waals surface area contributed by atoms with E-state index < -0.39 is 12.1 Å². The quantitative estimate of drug-likeness (QED) is 0.374. The Morgan fingerprint density at radius 3 is 2.54 bits per heavy atom. The third kappa shape index (κ3) is 6.43. The van der Waals surface area contributed by atoms with Crippen molar-refractivity contribution in [2.45, 2.75) is 25.9 Å². The van der Waals surface area contributed by atoms with Crippen LogP contribution in [0.5, 0.6) is 0 Å². The maximum absolute atomic E-state index is 13.6. The van der Waals surface area contributed by atoms with Gasteiger partial charge in [0.15, 0.2) is 0 Å². The molecule has 7 nitrogen and oxygen atoms in total. The summed E-state index contributed by atoms with van der Waals surface area (Å²) < 4.78 is 5.53. The minimum atomic E-state index is -0.560. The van der Waals surface area contributed by atoms with Gasteiger partial charge in [0.1, 0.15) is 6.10 Å². The number of nitrogens with one attached hydrogen (secondary N) is 1. The number of aryl methyl sites for hydroxylation is 1. The fourth-order valence-electron chi connectivity index (χ4n) is 4.20. The van der Waals surface area contributed by atoms with Gasteiger partial charge in [-0.05, 0) is 67.8 Å². The van der Waals surface area contributed by atoms with Crippen LogP contribution in [0, 0.1) is 6.92 Å². The molecule has 0 fully saturated rings. The molecule has 37 heavy (non-hydrogen) atoms. The van der Waals surface area contributed by atoms with Gasteiger partial charge in [-0.2, -0.15) is 0 Å². The predicted molar refractivity (Wildman–Crippen MR) is 148 cm³/mol. The molecule has 0 radical (unpaired) electrons. The second-order valence-corrected chi connectivity index (χ2v) is 9.29. The second-order valence-electron chi connectivity index (χ2n) is 8.45. The number of nitrogens with zero attached hydrogens (tertiary/aromatic N) is 1. The van der Waals surface area contributed by atoms with Crippen molar-refractivity contribution in [1.82, 2.24) is 0 Å². The maximum Gasteiger partial charge on any atom is 0.320 e. The Labute approximate surface area is 231 Å². The van der Waals surface area contributed by atoms with E-state index in [0.29, 0.717) is 52.5 Å². The van der Waals surface area contributed by atoms with Gasteiger partial charge in [-0.25, -0.2) is 0 Å². The smallest absolute Gasteiger partial charge is 0.320 e. The molecular weight excluding hydrogens is 537 g/mol. The first kappa shape index (κ1) is 28.5. The molecular formula is C27H26Cl3N3O4. The number of ether oxygens (including phenoxy) is 1. The highest BCUT2D eigenvalue weighted by molar-refractivity contribution is 6.34. The maximum atomic E-state index is 13.6. The number of fused-ring (bicyclic) bond motifs is 1. The molecule has 1 aliphatic heterocycles. The standard InChI is InChI=1S/C27H25Cl2N3O4.ClH/c1-16-5-2-3-6-19(16)26(34)31-22-10-8-17(13-21(22)29)27(35)32-12-4-7-24(36-25(33)15-30)20-14-18(28)9-11-23(20)32;/h2-3,5-6,8-11,13-14,24H,4,7,12,15,30H2,1H3,(H,31,34);1H. The fraction of sp³-hybridized carbons (Fsp3) is 0.222. The minimum absolute atomic E-state index is 0. The second kappa shape index (κ2) is 12.4. The Kier molecular flexibility index (Phi) is 9.56. The van der Waals surface area contributed by atoms with Crippen LogP contribution in [-0.4, -0.2) is 30.9 Å². The van der Waals surface area contributed by atoms with Crippen LogP contribution in [0.25, 0.3) is 0 Å². The zero-order valence-corrected chi connectivity index (χ0v) is 22.3. The van der Waals surface area contributed by atoms with Gasteiger partial charge >= 0.3 is 5.97 Å². The molecule has 1 heterocycles. The molecule has 3 N–H and O–H groups in total. The molecule has 0 aliphatic carbocycles. The van der Waals surface area contributed by atoms with Crippen LogP contribution in [0.2, 0.25) is 10.0 Å². The zero-order chi connectivity index (χ0) is 25.8. The van der Waals surface area contributed by atoms with Gasteiger partial charge in [0.2, 0.25) is 0 Å². The average Bonchev–Trinajstić information content (AvgIpc) is 3.04. The minimum Gasteiger partial charge on any atom is -0.456 e. The van der Waals surface area contributed by atoms with Crippen molar-refractivity contribution in [1.29, 1.82) is 0 Å². The lowest BCUT2D eigenvalue weighted by atomic mass is 10.0. The van der Waals surface area contributed by atoms with E-state index in [9.17, 15) is 14.4 Å². The van der Waals surface area contributed by atoms with Gasteiger partial charge in [0.25, 0.3) is 11.8 Å². The van der Waals surface area contributed by atoms with Gasteiger partial charge < -0.3 is 20.7 Å². The number of amides is 2. The molecule has 194 valence electrons. The van der Waals surface area contributed by atoms with E-state index in [-0.39, 0.29) is 35.8 Å². The van der Waals surface area contributed by atoms with Crippen molar-refractivity contribution >= 4 is 64.8 Å². The molecule has 3 aromatic carbocycles. The van der Waals surface area contributed by atoms with Crippen molar-refractivity contribution in [3.63, 3.8) is 0 Å². The summed E-state index contributed by atoms with van der Waals surface area (Å²) in [5, 5.41) is 3.51. The summed E-state index contributed by atoms with van der Waals surface area (Å²) in [6.07, 6.45) is 0.557. The van der Waals surface area contributed by atoms with E-state index in [4.69, 9.17) is 33.7 Å². The van der Waals surface area contributed by atoms with E-state index in [1.165, 1.54) is 6.07 Å². The first-order chi connectivity index (χ1) is 17.3. The van der Waals surface area contributed by atoms with Crippen LogP contribution in [0.3, 0.4) is 0 Å². The number of benzene rings is 3. The van der Waals surface area contributed by atoms with E-state index >= 15 is 0 Å². The van der Waals surface area contributed by atoms with Gasteiger partial charge in [-0.15, -0.1) is 12.4 Å². The predicted octanol–water partition coefficient (Wildman–Crippen LogP) is 5.96. The molecule has 3 aromatic rings. The Morgan fingerprint density at radius 1 is 1.08 bits per heavy atom. The molecule has 4 rings (SSSR count). The van der Waals surface area contributed by atoms with Crippen molar-refractivity contribution in [2.24, 2.45) is 5.73 Å². The van der Waals surface area contributed by atoms with Crippen LogP contribution >= 0.6 is 35.6 Å². The largest absolute Gasteiger partial charge is 0.456 e. The summed E-state index contributed by atoms with van der Waals surface area (Å²) in [7, 11) is 0. The van der Waals surface area contributed by atoms with Crippen LogP contribution in [0.15, 0.2) is 60.7 Å². The van der Waals surface area contributed by atoms with E-state index in [0.717, 1.165) is 5.56 Å². The van der Waals surface area contributed by atoms with Crippen LogP contribution in [-0.2, 0) is 9.53 Å². The van der Waals surface area contributed by atoms with Crippen LogP contribution in [0.1, 0.15) is 50.8 Å². The highest BCUT2D eigenvalue weighted by atomic mass is 35.5. The molecule has 0 bridgehead atoms. The summed E-state index contributed by atoms with van der Waals surface area (Å²) in [6, 6.07) is 17.1. The third-order valence-electron chi connectivity index (χ3n) is 6.01. The Morgan fingerprint density at radius 2 is 1.84 bits per heavy atom. The van der Waals surface area contributed by atoms with Gasteiger partial charge in [0.05, 0.1) is 22.9 Å². The molecule has 10 heteroatoms. The normalized spacial score (nSPS) is 14.6. The van der Waals surface area contributed by atoms with Gasteiger partial charge in [0, 0.05) is 28.3 Å². The Bertz CT molecular complexity index is 1330.